The molecule has 0 amide bonds. The molecule has 3 nitrogen and oxygen atoms in total. The Kier molecular flexibility index (Phi) is 8.62. The lowest BCUT2D eigenvalue weighted by Gasteiger charge is -1.99. The molecule has 0 aliphatic carbocycles. The van der Waals surface area contributed by atoms with Gasteiger partial charge in [0.1, 0.15) is 0 Å². The molecule has 0 aliphatic heterocycles. The SMILES string of the molecule is COC(=O)CCCCCCC[C]=O. The number of esters is 1. The molecule has 0 spiro atoms. The summed E-state index contributed by atoms with van der Waals surface area (Å²) >= 11 is 0. The van der Waals surface area contributed by atoms with Crippen LogP contribution in [0.15, 0.2) is 0 Å². The lowest BCUT2D eigenvalue weighted by molar-refractivity contribution is -0.140. The molecular weight excluding hydrogens is 168 g/mol. The quantitative estimate of drug-likeness (QED) is 0.429. The van der Waals surface area contributed by atoms with Crippen molar-refractivity contribution in [3.8, 4) is 0 Å². The van der Waals surface area contributed by atoms with E-state index < -0.39 is 0 Å². The minimum Gasteiger partial charge on any atom is -0.469 e. The van der Waals surface area contributed by atoms with Crippen LogP contribution in [0.2, 0.25) is 0 Å². The first-order chi connectivity index (χ1) is 6.31. The first-order valence-corrected chi connectivity index (χ1v) is 4.73. The molecule has 0 unspecified atom stereocenters. The number of hydrogen-bond donors (Lipinski definition) is 0. The second-order valence-electron chi connectivity index (χ2n) is 2.99. The van der Waals surface area contributed by atoms with Gasteiger partial charge in [0.2, 0.25) is 0 Å². The van der Waals surface area contributed by atoms with Crippen LogP contribution in [0.25, 0.3) is 0 Å². The lowest BCUT2D eigenvalue weighted by Crippen LogP contribution is -1.99. The molecule has 0 aromatic rings. The van der Waals surface area contributed by atoms with Crippen molar-refractivity contribution in [3.05, 3.63) is 0 Å². The molecule has 0 rings (SSSR count). The molecule has 75 valence electrons. The summed E-state index contributed by atoms with van der Waals surface area (Å²) in [6.07, 6.45) is 7.89. The number of hydrogen-bond acceptors (Lipinski definition) is 3. The zero-order valence-corrected chi connectivity index (χ0v) is 8.17. The summed E-state index contributed by atoms with van der Waals surface area (Å²) in [6, 6.07) is 0. The minimum atomic E-state index is -0.138. The molecular formula is C10H17O3. The van der Waals surface area contributed by atoms with Crippen molar-refractivity contribution in [2.45, 2.75) is 44.9 Å². The van der Waals surface area contributed by atoms with Gasteiger partial charge in [0, 0.05) is 12.8 Å². The molecule has 0 N–H and O–H groups in total. The third kappa shape index (κ3) is 9.05. The number of carbonyl (C=O) groups is 1. The van der Waals surface area contributed by atoms with Crippen molar-refractivity contribution in [3.63, 3.8) is 0 Å². The van der Waals surface area contributed by atoms with Crippen molar-refractivity contribution < 1.29 is 14.3 Å². The Hall–Kier alpha value is -0.860. The molecule has 13 heavy (non-hydrogen) atoms. The van der Waals surface area contributed by atoms with Gasteiger partial charge < -0.3 is 4.74 Å². The molecule has 0 heterocycles. The summed E-state index contributed by atoms with van der Waals surface area (Å²) in [7, 11) is 1.41. The maximum atomic E-state index is 10.7. The first kappa shape index (κ1) is 12.1. The molecule has 0 aliphatic rings. The van der Waals surface area contributed by atoms with Crippen LogP contribution in [-0.4, -0.2) is 19.4 Å². The Bertz CT molecular complexity index is 143. The second kappa shape index (κ2) is 9.23. The van der Waals surface area contributed by atoms with E-state index in [0.717, 1.165) is 32.1 Å². The van der Waals surface area contributed by atoms with Crippen LogP contribution in [-0.2, 0) is 14.3 Å². The van der Waals surface area contributed by atoms with Gasteiger partial charge in [0.15, 0.2) is 6.29 Å². The van der Waals surface area contributed by atoms with Crippen molar-refractivity contribution in [2.75, 3.05) is 7.11 Å². The van der Waals surface area contributed by atoms with E-state index >= 15 is 0 Å². The monoisotopic (exact) mass is 185 g/mol. The summed E-state index contributed by atoms with van der Waals surface area (Å²) in [5, 5.41) is 0. The largest absolute Gasteiger partial charge is 0.469 e. The Labute approximate surface area is 79.5 Å². The molecule has 0 fully saturated rings. The van der Waals surface area contributed by atoms with Crippen molar-refractivity contribution >= 4 is 12.3 Å². The van der Waals surface area contributed by atoms with Crippen LogP contribution in [0.1, 0.15) is 44.9 Å². The number of carbonyl (C=O) groups excluding carboxylic acids is 2. The summed E-state index contributed by atoms with van der Waals surface area (Å²) < 4.78 is 4.51. The number of methoxy groups -OCH3 is 1. The molecule has 0 saturated heterocycles. The standard InChI is InChI=1S/C10H17O3/c1-13-10(12)8-6-4-2-3-5-7-9-11/h2-8H2,1H3. The predicted octanol–water partition coefficient (Wildman–Crippen LogP) is 2.00. The third-order valence-corrected chi connectivity index (χ3v) is 1.89. The lowest BCUT2D eigenvalue weighted by atomic mass is 10.1. The van der Waals surface area contributed by atoms with Crippen LogP contribution in [0.4, 0.5) is 0 Å². The van der Waals surface area contributed by atoms with Gasteiger partial charge >= 0.3 is 5.97 Å². The number of rotatable bonds is 8. The molecule has 0 atom stereocenters. The van der Waals surface area contributed by atoms with E-state index in [-0.39, 0.29) is 5.97 Å². The van der Waals surface area contributed by atoms with Crippen LogP contribution in [0.3, 0.4) is 0 Å². The van der Waals surface area contributed by atoms with E-state index in [2.05, 4.69) is 4.74 Å². The second-order valence-corrected chi connectivity index (χ2v) is 2.99. The highest BCUT2D eigenvalue weighted by atomic mass is 16.5. The van der Waals surface area contributed by atoms with E-state index in [1.807, 2.05) is 6.29 Å². The van der Waals surface area contributed by atoms with Gasteiger partial charge in [-0.3, -0.25) is 9.59 Å². The van der Waals surface area contributed by atoms with Crippen LogP contribution in [0.5, 0.6) is 0 Å². The fourth-order valence-electron chi connectivity index (χ4n) is 1.10. The predicted molar refractivity (Wildman–Crippen MR) is 50.0 cm³/mol. The van der Waals surface area contributed by atoms with Crippen molar-refractivity contribution in [1.82, 2.24) is 0 Å². The van der Waals surface area contributed by atoms with E-state index in [1.165, 1.54) is 7.11 Å². The van der Waals surface area contributed by atoms with Gasteiger partial charge in [-0.25, -0.2) is 0 Å². The normalized spacial score (nSPS) is 9.62. The zero-order chi connectivity index (χ0) is 9.94. The Morgan fingerprint density at radius 2 is 1.77 bits per heavy atom. The average molecular weight is 185 g/mol. The van der Waals surface area contributed by atoms with Crippen molar-refractivity contribution in [1.29, 1.82) is 0 Å². The summed E-state index contributed by atoms with van der Waals surface area (Å²) in [4.78, 5) is 20.5. The maximum Gasteiger partial charge on any atom is 0.305 e. The first-order valence-electron chi connectivity index (χ1n) is 4.73. The van der Waals surface area contributed by atoms with Gasteiger partial charge in [-0.2, -0.15) is 0 Å². The van der Waals surface area contributed by atoms with Gasteiger partial charge in [-0.15, -0.1) is 0 Å². The van der Waals surface area contributed by atoms with Crippen LogP contribution in [0, 0.1) is 0 Å². The summed E-state index contributed by atoms with van der Waals surface area (Å²) in [6.45, 7) is 0. The minimum absolute atomic E-state index is 0.138. The van der Waals surface area contributed by atoms with E-state index in [0.29, 0.717) is 12.8 Å². The molecule has 0 bridgehead atoms. The van der Waals surface area contributed by atoms with Gasteiger partial charge in [-0.1, -0.05) is 19.3 Å². The third-order valence-electron chi connectivity index (χ3n) is 1.89. The molecule has 1 radical (unpaired) electrons. The number of unbranched alkanes of at least 4 members (excludes halogenated alkanes) is 5. The summed E-state index contributed by atoms with van der Waals surface area (Å²) in [5.41, 5.74) is 0. The molecule has 0 aromatic heterocycles. The van der Waals surface area contributed by atoms with Gasteiger partial charge in [0.05, 0.1) is 7.11 Å². The highest BCUT2D eigenvalue weighted by molar-refractivity contribution is 5.68. The van der Waals surface area contributed by atoms with Crippen LogP contribution < -0.4 is 0 Å². The highest BCUT2D eigenvalue weighted by Gasteiger charge is 1.98. The summed E-state index contributed by atoms with van der Waals surface area (Å²) in [5.74, 6) is -0.138. The van der Waals surface area contributed by atoms with Crippen molar-refractivity contribution in [2.24, 2.45) is 0 Å². The van der Waals surface area contributed by atoms with Gasteiger partial charge in [-0.05, 0) is 12.8 Å². The van der Waals surface area contributed by atoms with Gasteiger partial charge in [0.25, 0.3) is 0 Å². The molecule has 0 saturated carbocycles. The van der Waals surface area contributed by atoms with E-state index in [1.54, 1.807) is 0 Å². The zero-order valence-electron chi connectivity index (χ0n) is 8.17. The smallest absolute Gasteiger partial charge is 0.305 e. The average Bonchev–Trinajstić information content (AvgIpc) is 2.16. The maximum absolute atomic E-state index is 10.7. The topological polar surface area (TPSA) is 43.4 Å². The Balaban J connectivity index is 2.99. The highest BCUT2D eigenvalue weighted by Crippen LogP contribution is 2.06. The fraction of sp³-hybridized carbons (Fsp3) is 0.800. The molecule has 0 aromatic carbocycles. The molecule has 3 heteroatoms. The Morgan fingerprint density at radius 1 is 1.15 bits per heavy atom. The fourth-order valence-corrected chi connectivity index (χ4v) is 1.10. The van der Waals surface area contributed by atoms with Crippen LogP contribution >= 0.6 is 0 Å². The Morgan fingerprint density at radius 3 is 2.38 bits per heavy atom. The van der Waals surface area contributed by atoms with E-state index in [4.69, 9.17) is 0 Å². The number of ether oxygens (including phenoxy) is 1. The van der Waals surface area contributed by atoms with E-state index in [9.17, 15) is 9.59 Å².